The Bertz CT molecular complexity index is 518. The molecule has 1 aromatic rings. The summed E-state index contributed by atoms with van der Waals surface area (Å²) in [4.78, 5) is 2.53. The fourth-order valence-corrected chi connectivity index (χ4v) is 3.79. The molecule has 2 rings (SSSR count). The molecular weight excluding hydrogens is 292 g/mol. The Morgan fingerprint density at radius 2 is 1.32 bits per heavy atom. The average molecular weight is 325 g/mol. The van der Waals surface area contributed by atoms with Gasteiger partial charge in [-0.25, -0.2) is 0 Å². The summed E-state index contributed by atoms with van der Waals surface area (Å²) in [6, 6.07) is 8.20. The molecule has 1 aliphatic heterocycles. The van der Waals surface area contributed by atoms with E-state index in [0.29, 0.717) is 0 Å². The van der Waals surface area contributed by atoms with Crippen molar-refractivity contribution in [2.45, 2.75) is 85.0 Å². The quantitative estimate of drug-likeness (QED) is 0.733. The van der Waals surface area contributed by atoms with Gasteiger partial charge in [0, 0.05) is 21.8 Å². The second-order valence-corrected chi connectivity index (χ2v) is 8.74. The number of rotatable bonds is 1. The fraction of sp³-hybridized carbons (Fsp3) is 0.684. The van der Waals surface area contributed by atoms with Crippen molar-refractivity contribution in [2.75, 3.05) is 4.90 Å². The molecule has 0 radical (unpaired) electrons. The fourth-order valence-electron chi connectivity index (χ4n) is 3.61. The van der Waals surface area contributed by atoms with Gasteiger partial charge in [0.2, 0.25) is 0 Å². The number of hydrogen-bond donors (Lipinski definition) is 1. The molecule has 1 aromatic carbocycles. The molecule has 22 heavy (non-hydrogen) atoms. The predicted molar refractivity (Wildman–Crippen MR) is 100 cm³/mol. The van der Waals surface area contributed by atoms with Gasteiger partial charge in [0.05, 0.1) is 11.1 Å². The van der Waals surface area contributed by atoms with Crippen LogP contribution >= 0.6 is 11.6 Å². The van der Waals surface area contributed by atoms with E-state index in [4.69, 9.17) is 11.6 Å². The van der Waals surface area contributed by atoms with E-state index in [1.165, 1.54) is 5.69 Å². The van der Waals surface area contributed by atoms with E-state index in [-0.39, 0.29) is 29.6 Å². The van der Waals surface area contributed by atoms with E-state index in [9.17, 15) is 0 Å². The van der Waals surface area contributed by atoms with Crippen molar-refractivity contribution in [3.8, 4) is 0 Å². The molecule has 0 spiro atoms. The summed E-state index contributed by atoms with van der Waals surface area (Å²) in [6.07, 6.45) is 0. The summed E-state index contributed by atoms with van der Waals surface area (Å²) in [5.74, 6) is 0. The summed E-state index contributed by atoms with van der Waals surface area (Å²) < 4.78 is 0. The molecule has 0 saturated carbocycles. The Balaban J connectivity index is 0.00000242. The lowest BCUT2D eigenvalue weighted by Gasteiger charge is -2.68. The number of nitrogens with zero attached hydrogens (tertiary/aromatic N) is 1. The monoisotopic (exact) mass is 324 g/mol. The minimum absolute atomic E-state index is 0. The smallest absolute Gasteiger partial charge is 0.0528 e. The Morgan fingerprint density at radius 3 is 1.73 bits per heavy atom. The Hall–Kier alpha value is -0.730. The van der Waals surface area contributed by atoms with Crippen molar-refractivity contribution in [3.05, 3.63) is 29.3 Å². The lowest BCUT2D eigenvalue weighted by Crippen LogP contribution is -2.84. The average Bonchev–Trinajstić information content (AvgIpc) is 2.24. The van der Waals surface area contributed by atoms with Crippen LogP contribution in [-0.2, 0) is 0 Å². The van der Waals surface area contributed by atoms with Crippen LogP contribution in [-0.4, -0.2) is 22.2 Å². The molecule has 0 unspecified atom stereocenters. The lowest BCUT2D eigenvalue weighted by atomic mass is 9.66. The van der Waals surface area contributed by atoms with E-state index in [2.05, 4.69) is 77.7 Å². The topological polar surface area (TPSA) is 15.3 Å². The zero-order valence-electron chi connectivity index (χ0n) is 14.6. The largest absolute Gasteiger partial charge is 0.358 e. The normalized spacial score (nSPS) is 24.5. The summed E-state index contributed by atoms with van der Waals surface area (Å²) in [5.41, 5.74) is 0.996. The minimum atomic E-state index is -0.0588. The zero-order valence-corrected chi connectivity index (χ0v) is 15.4. The number of hydrogen-bond acceptors (Lipinski definition) is 2. The third-order valence-corrected chi connectivity index (χ3v) is 6.10. The van der Waals surface area contributed by atoms with Crippen LogP contribution in [0.3, 0.4) is 0 Å². The van der Waals surface area contributed by atoms with Crippen LogP contribution < -0.4 is 10.2 Å². The van der Waals surface area contributed by atoms with Crippen LogP contribution in [0.4, 0.5) is 5.69 Å². The van der Waals surface area contributed by atoms with Gasteiger partial charge in [-0.15, -0.1) is 0 Å². The predicted octanol–water partition coefficient (Wildman–Crippen LogP) is 5.50. The van der Waals surface area contributed by atoms with Crippen molar-refractivity contribution in [3.63, 3.8) is 0 Å². The summed E-state index contributed by atoms with van der Waals surface area (Å²) >= 11 is 6.25. The molecule has 1 aliphatic rings. The first-order valence-electron chi connectivity index (χ1n) is 7.68. The first-order valence-corrected chi connectivity index (χ1v) is 8.06. The SMILES string of the molecule is C.CC1(C)NC(C)(C)C(C)(C)N(c2cccc(Cl)c2)C1(C)C. The number of piperazine rings is 1. The molecule has 1 saturated heterocycles. The van der Waals surface area contributed by atoms with Crippen molar-refractivity contribution in [1.29, 1.82) is 0 Å². The molecule has 0 amide bonds. The molecule has 0 atom stereocenters. The molecule has 2 nitrogen and oxygen atoms in total. The van der Waals surface area contributed by atoms with Gasteiger partial charge in [0.15, 0.2) is 0 Å². The molecule has 3 heteroatoms. The van der Waals surface area contributed by atoms with E-state index < -0.39 is 0 Å². The maximum atomic E-state index is 6.25. The lowest BCUT2D eigenvalue weighted by molar-refractivity contribution is 0.0462. The maximum absolute atomic E-state index is 6.25. The molecule has 0 aromatic heterocycles. The summed E-state index contributed by atoms with van der Waals surface area (Å²) in [6.45, 7) is 18.3. The third-order valence-electron chi connectivity index (χ3n) is 5.87. The summed E-state index contributed by atoms with van der Waals surface area (Å²) in [5, 5.41) is 4.64. The van der Waals surface area contributed by atoms with Gasteiger partial charge < -0.3 is 10.2 Å². The van der Waals surface area contributed by atoms with Crippen LogP contribution in [0.1, 0.15) is 62.8 Å². The van der Waals surface area contributed by atoms with Crippen molar-refractivity contribution < 1.29 is 0 Å². The minimum Gasteiger partial charge on any atom is -0.358 e. The van der Waals surface area contributed by atoms with E-state index in [1.54, 1.807) is 0 Å². The number of halogens is 1. The van der Waals surface area contributed by atoms with Crippen LogP contribution in [0.2, 0.25) is 5.02 Å². The molecule has 1 heterocycles. The van der Waals surface area contributed by atoms with E-state index in [1.807, 2.05) is 12.1 Å². The zero-order chi connectivity index (χ0) is 16.3. The van der Waals surface area contributed by atoms with E-state index >= 15 is 0 Å². The van der Waals surface area contributed by atoms with Gasteiger partial charge in [0.25, 0.3) is 0 Å². The summed E-state index contributed by atoms with van der Waals surface area (Å²) in [7, 11) is 0. The molecule has 1 N–H and O–H groups in total. The van der Waals surface area contributed by atoms with Crippen molar-refractivity contribution in [1.82, 2.24) is 5.32 Å². The van der Waals surface area contributed by atoms with Gasteiger partial charge in [-0.05, 0) is 73.6 Å². The Kier molecular flexibility index (Phi) is 4.76. The van der Waals surface area contributed by atoms with Crippen LogP contribution in [0.5, 0.6) is 0 Å². The number of anilines is 1. The van der Waals surface area contributed by atoms with Crippen molar-refractivity contribution >= 4 is 17.3 Å². The molecule has 0 aliphatic carbocycles. The molecule has 1 fully saturated rings. The maximum Gasteiger partial charge on any atom is 0.0528 e. The van der Waals surface area contributed by atoms with E-state index in [0.717, 1.165) is 5.02 Å². The second kappa shape index (κ2) is 5.42. The molecule has 0 bridgehead atoms. The number of nitrogens with one attached hydrogen (secondary N) is 1. The van der Waals surface area contributed by atoms with Crippen LogP contribution in [0.25, 0.3) is 0 Å². The Labute approximate surface area is 142 Å². The van der Waals surface area contributed by atoms with Crippen LogP contribution in [0.15, 0.2) is 24.3 Å². The third kappa shape index (κ3) is 2.65. The highest BCUT2D eigenvalue weighted by molar-refractivity contribution is 6.30. The number of benzene rings is 1. The molecular formula is C19H33ClN2. The van der Waals surface area contributed by atoms with Gasteiger partial charge in [0.1, 0.15) is 0 Å². The highest BCUT2D eigenvalue weighted by Crippen LogP contribution is 2.47. The highest BCUT2D eigenvalue weighted by atomic mass is 35.5. The van der Waals surface area contributed by atoms with Crippen LogP contribution in [0, 0.1) is 0 Å². The second-order valence-electron chi connectivity index (χ2n) is 8.31. The standard InChI is InChI=1S/C18H29ClN2.CH4/c1-15(2)17(5,6)21(14-11-9-10-13(19)12-14)18(7,8)16(3,4)20-15;/h9-12,20H,1-8H3;1H4. The van der Waals surface area contributed by atoms with Crippen molar-refractivity contribution in [2.24, 2.45) is 0 Å². The first-order chi connectivity index (χ1) is 9.33. The van der Waals surface area contributed by atoms with Gasteiger partial charge in [-0.2, -0.15) is 0 Å². The van der Waals surface area contributed by atoms with Gasteiger partial charge in [-0.3, -0.25) is 0 Å². The van der Waals surface area contributed by atoms with Gasteiger partial charge >= 0.3 is 0 Å². The molecule has 126 valence electrons. The van der Waals surface area contributed by atoms with Gasteiger partial charge in [-0.1, -0.05) is 25.1 Å². The first kappa shape index (κ1) is 19.3. The highest BCUT2D eigenvalue weighted by Gasteiger charge is 2.58. The Morgan fingerprint density at radius 1 is 0.864 bits per heavy atom.